The SMILES string of the molecule is Cn1cc(C(C#N)NCCO)c(C(C)(C)C)n1. The average Bonchev–Trinajstić information content (AvgIpc) is 2.61. The van der Waals surface area contributed by atoms with Crippen molar-refractivity contribution in [3.8, 4) is 6.07 Å². The van der Waals surface area contributed by atoms with E-state index < -0.39 is 6.04 Å². The van der Waals surface area contributed by atoms with Crippen molar-refractivity contribution in [1.29, 1.82) is 5.26 Å². The molecule has 17 heavy (non-hydrogen) atoms. The third-order valence-corrected chi connectivity index (χ3v) is 2.47. The fraction of sp³-hybridized carbons (Fsp3) is 0.667. The summed E-state index contributed by atoms with van der Waals surface area (Å²) in [6.07, 6.45) is 1.86. The molecular weight excluding hydrogens is 216 g/mol. The Labute approximate surface area is 102 Å². The molecule has 1 heterocycles. The van der Waals surface area contributed by atoms with E-state index >= 15 is 0 Å². The zero-order valence-electron chi connectivity index (χ0n) is 10.9. The Morgan fingerprint density at radius 2 is 2.24 bits per heavy atom. The number of nitrogens with zero attached hydrogens (tertiary/aromatic N) is 3. The molecule has 0 aliphatic carbocycles. The summed E-state index contributed by atoms with van der Waals surface area (Å²) in [6, 6.07) is 1.78. The molecule has 0 radical (unpaired) electrons. The lowest BCUT2D eigenvalue weighted by Gasteiger charge is -2.19. The Kier molecular flexibility index (Phi) is 4.27. The number of aromatic nitrogens is 2. The van der Waals surface area contributed by atoms with Crippen molar-refractivity contribution in [3.63, 3.8) is 0 Å². The second-order valence-electron chi connectivity index (χ2n) is 5.10. The summed E-state index contributed by atoms with van der Waals surface area (Å²) in [5.41, 5.74) is 1.69. The van der Waals surface area contributed by atoms with Crippen LogP contribution in [0.15, 0.2) is 6.20 Å². The zero-order chi connectivity index (χ0) is 13.1. The normalized spacial score (nSPS) is 13.4. The second-order valence-corrected chi connectivity index (χ2v) is 5.10. The molecule has 0 aliphatic rings. The first-order valence-corrected chi connectivity index (χ1v) is 5.68. The van der Waals surface area contributed by atoms with Gasteiger partial charge in [0.2, 0.25) is 0 Å². The standard InChI is InChI=1S/C12H20N4O/c1-12(2,3)11-9(8-16(4)15-11)10(7-13)14-5-6-17/h8,10,14,17H,5-6H2,1-4H3. The molecule has 1 aromatic rings. The molecule has 0 saturated heterocycles. The van der Waals surface area contributed by atoms with E-state index in [1.807, 2.05) is 13.2 Å². The molecule has 0 spiro atoms. The van der Waals surface area contributed by atoms with Gasteiger partial charge < -0.3 is 5.11 Å². The minimum Gasteiger partial charge on any atom is -0.395 e. The van der Waals surface area contributed by atoms with Crippen LogP contribution in [-0.4, -0.2) is 28.0 Å². The fourth-order valence-electron chi connectivity index (χ4n) is 1.74. The third-order valence-electron chi connectivity index (χ3n) is 2.47. The molecule has 0 saturated carbocycles. The summed E-state index contributed by atoms with van der Waals surface area (Å²) in [5, 5.41) is 25.4. The number of hydrogen-bond acceptors (Lipinski definition) is 4. The van der Waals surface area contributed by atoms with E-state index in [-0.39, 0.29) is 12.0 Å². The van der Waals surface area contributed by atoms with Crippen LogP contribution in [0.1, 0.15) is 38.1 Å². The highest BCUT2D eigenvalue weighted by atomic mass is 16.3. The first-order valence-electron chi connectivity index (χ1n) is 5.68. The minimum atomic E-state index is -0.426. The number of hydrogen-bond donors (Lipinski definition) is 2. The molecule has 1 atom stereocenters. The molecule has 0 amide bonds. The van der Waals surface area contributed by atoms with Gasteiger partial charge in [-0.3, -0.25) is 10.00 Å². The molecule has 94 valence electrons. The van der Waals surface area contributed by atoms with Gasteiger partial charge in [0.25, 0.3) is 0 Å². The van der Waals surface area contributed by atoms with Crippen molar-refractivity contribution >= 4 is 0 Å². The first-order chi connectivity index (χ1) is 7.90. The quantitative estimate of drug-likeness (QED) is 0.813. The topological polar surface area (TPSA) is 73.9 Å². The molecule has 1 aromatic heterocycles. The van der Waals surface area contributed by atoms with Crippen molar-refractivity contribution < 1.29 is 5.11 Å². The van der Waals surface area contributed by atoms with Crippen molar-refractivity contribution in [3.05, 3.63) is 17.5 Å². The Balaban J connectivity index is 3.07. The van der Waals surface area contributed by atoms with Crippen LogP contribution in [-0.2, 0) is 12.5 Å². The summed E-state index contributed by atoms with van der Waals surface area (Å²) in [7, 11) is 1.85. The van der Waals surface area contributed by atoms with Crippen LogP contribution in [0.25, 0.3) is 0 Å². The fourth-order valence-corrected chi connectivity index (χ4v) is 1.74. The molecule has 0 aliphatic heterocycles. The van der Waals surface area contributed by atoms with Crippen molar-refractivity contribution in [2.75, 3.05) is 13.2 Å². The van der Waals surface area contributed by atoms with E-state index in [2.05, 4.69) is 37.3 Å². The summed E-state index contributed by atoms with van der Waals surface area (Å²) in [6.45, 7) is 6.62. The van der Waals surface area contributed by atoms with Gasteiger partial charge in [0.15, 0.2) is 0 Å². The molecule has 0 aromatic carbocycles. The molecule has 0 fully saturated rings. The lowest BCUT2D eigenvalue weighted by molar-refractivity contribution is 0.289. The third kappa shape index (κ3) is 3.29. The van der Waals surface area contributed by atoms with Crippen molar-refractivity contribution in [2.45, 2.75) is 32.2 Å². The van der Waals surface area contributed by atoms with Crippen LogP contribution in [0.2, 0.25) is 0 Å². The zero-order valence-corrected chi connectivity index (χ0v) is 10.9. The van der Waals surface area contributed by atoms with Crippen LogP contribution in [0.3, 0.4) is 0 Å². The van der Waals surface area contributed by atoms with Gasteiger partial charge in [-0.05, 0) is 0 Å². The van der Waals surface area contributed by atoms with E-state index in [9.17, 15) is 5.26 Å². The van der Waals surface area contributed by atoms with Gasteiger partial charge in [0.05, 0.1) is 18.4 Å². The number of aliphatic hydroxyl groups is 1. The summed E-state index contributed by atoms with van der Waals surface area (Å²) in [5.74, 6) is 0. The van der Waals surface area contributed by atoms with Gasteiger partial charge in [-0.15, -0.1) is 0 Å². The van der Waals surface area contributed by atoms with Gasteiger partial charge >= 0.3 is 0 Å². The van der Waals surface area contributed by atoms with Gasteiger partial charge in [-0.2, -0.15) is 10.4 Å². The van der Waals surface area contributed by atoms with E-state index in [0.29, 0.717) is 6.54 Å². The van der Waals surface area contributed by atoms with Crippen LogP contribution in [0.5, 0.6) is 0 Å². The van der Waals surface area contributed by atoms with Crippen LogP contribution >= 0.6 is 0 Å². The molecule has 1 unspecified atom stereocenters. The largest absolute Gasteiger partial charge is 0.395 e. The first kappa shape index (κ1) is 13.7. The Morgan fingerprint density at radius 1 is 1.59 bits per heavy atom. The monoisotopic (exact) mass is 236 g/mol. The van der Waals surface area contributed by atoms with E-state index in [1.54, 1.807) is 4.68 Å². The maximum atomic E-state index is 9.17. The maximum absolute atomic E-state index is 9.17. The minimum absolute atomic E-state index is 0.0172. The van der Waals surface area contributed by atoms with Crippen LogP contribution in [0, 0.1) is 11.3 Å². The molecular formula is C12H20N4O. The molecule has 5 nitrogen and oxygen atoms in total. The maximum Gasteiger partial charge on any atom is 0.124 e. The Morgan fingerprint density at radius 3 is 2.71 bits per heavy atom. The van der Waals surface area contributed by atoms with E-state index in [1.165, 1.54) is 0 Å². The van der Waals surface area contributed by atoms with Crippen molar-refractivity contribution in [2.24, 2.45) is 7.05 Å². The highest BCUT2D eigenvalue weighted by molar-refractivity contribution is 5.31. The van der Waals surface area contributed by atoms with E-state index in [0.717, 1.165) is 11.3 Å². The second kappa shape index (κ2) is 5.30. The number of nitriles is 1. The number of aryl methyl sites for hydroxylation is 1. The summed E-state index contributed by atoms with van der Waals surface area (Å²) < 4.78 is 1.72. The highest BCUT2D eigenvalue weighted by Crippen LogP contribution is 2.27. The molecule has 0 bridgehead atoms. The van der Waals surface area contributed by atoms with Gasteiger partial charge in [0.1, 0.15) is 6.04 Å². The van der Waals surface area contributed by atoms with Gasteiger partial charge in [0, 0.05) is 30.8 Å². The predicted molar refractivity (Wildman–Crippen MR) is 65.4 cm³/mol. The lowest BCUT2D eigenvalue weighted by Crippen LogP contribution is -2.26. The summed E-state index contributed by atoms with van der Waals surface area (Å²) in [4.78, 5) is 0. The Hall–Kier alpha value is -1.38. The lowest BCUT2D eigenvalue weighted by atomic mass is 9.88. The highest BCUT2D eigenvalue weighted by Gasteiger charge is 2.26. The number of nitrogens with one attached hydrogen (secondary N) is 1. The van der Waals surface area contributed by atoms with Crippen LogP contribution in [0.4, 0.5) is 0 Å². The van der Waals surface area contributed by atoms with E-state index in [4.69, 9.17) is 5.11 Å². The molecule has 5 heteroatoms. The van der Waals surface area contributed by atoms with Gasteiger partial charge in [-0.1, -0.05) is 20.8 Å². The average molecular weight is 236 g/mol. The predicted octanol–water partition coefficient (Wildman–Crippen LogP) is 0.864. The molecule has 2 N–H and O–H groups in total. The Bertz CT molecular complexity index is 411. The summed E-state index contributed by atoms with van der Waals surface area (Å²) >= 11 is 0. The molecule has 1 rings (SSSR count). The van der Waals surface area contributed by atoms with Gasteiger partial charge in [-0.25, -0.2) is 0 Å². The smallest absolute Gasteiger partial charge is 0.124 e. The number of rotatable bonds is 4. The number of aliphatic hydroxyl groups excluding tert-OH is 1. The van der Waals surface area contributed by atoms with Crippen LogP contribution < -0.4 is 5.32 Å². The van der Waals surface area contributed by atoms with Crippen molar-refractivity contribution in [1.82, 2.24) is 15.1 Å².